The molecule has 0 aliphatic heterocycles. The highest BCUT2D eigenvalue weighted by molar-refractivity contribution is 5.74. The summed E-state index contributed by atoms with van der Waals surface area (Å²) in [7, 11) is 1.67. The van der Waals surface area contributed by atoms with Crippen molar-refractivity contribution in [3.63, 3.8) is 0 Å². The fourth-order valence-electron chi connectivity index (χ4n) is 2.12. The van der Waals surface area contributed by atoms with Crippen molar-refractivity contribution >= 4 is 6.03 Å². The van der Waals surface area contributed by atoms with Crippen molar-refractivity contribution in [2.45, 2.75) is 25.4 Å². The zero-order valence-corrected chi connectivity index (χ0v) is 12.3. The Kier molecular flexibility index (Phi) is 3.90. The van der Waals surface area contributed by atoms with Crippen molar-refractivity contribution in [2.75, 3.05) is 6.54 Å². The molecule has 8 heteroatoms. The zero-order chi connectivity index (χ0) is 15.5. The summed E-state index contributed by atoms with van der Waals surface area (Å²) in [6.07, 6.45) is 5.41. The van der Waals surface area contributed by atoms with E-state index in [1.165, 1.54) is 9.25 Å². The summed E-state index contributed by atoms with van der Waals surface area (Å²) in [5.74, 6) is 0.556. The van der Waals surface area contributed by atoms with Gasteiger partial charge in [-0.3, -0.25) is 9.55 Å². The quantitative estimate of drug-likeness (QED) is 0.819. The topological polar surface area (TPSA) is 93.8 Å². The second kappa shape index (κ2) is 6.00. The highest BCUT2D eigenvalue weighted by atomic mass is 16.2. The molecule has 3 rings (SSSR count). The van der Waals surface area contributed by atoms with Gasteiger partial charge in [-0.15, -0.1) is 5.10 Å². The summed E-state index contributed by atoms with van der Waals surface area (Å²) in [6, 6.07) is 3.76. The molecule has 0 radical (unpaired) electrons. The van der Waals surface area contributed by atoms with E-state index in [1.807, 2.05) is 6.07 Å². The lowest BCUT2D eigenvalue weighted by Crippen LogP contribution is -2.39. The van der Waals surface area contributed by atoms with Gasteiger partial charge in [0.15, 0.2) is 5.82 Å². The Morgan fingerprint density at radius 1 is 1.45 bits per heavy atom. The predicted molar refractivity (Wildman–Crippen MR) is 80.3 cm³/mol. The van der Waals surface area contributed by atoms with Gasteiger partial charge in [-0.25, -0.2) is 14.3 Å². The lowest BCUT2D eigenvalue weighted by atomic mass is 10.3. The van der Waals surface area contributed by atoms with Crippen LogP contribution in [-0.2, 0) is 13.6 Å². The number of amides is 2. The van der Waals surface area contributed by atoms with Crippen LogP contribution in [0.1, 0.15) is 12.8 Å². The second-order valence-electron chi connectivity index (χ2n) is 5.30. The van der Waals surface area contributed by atoms with Crippen molar-refractivity contribution in [2.24, 2.45) is 7.05 Å². The summed E-state index contributed by atoms with van der Waals surface area (Å²) in [6.45, 7) is 0.674. The molecular formula is C14H18N6O2. The highest BCUT2D eigenvalue weighted by Gasteiger charge is 2.22. The Bertz CT molecular complexity index is 717. The molecule has 0 unspecified atom stereocenters. The van der Waals surface area contributed by atoms with Crippen LogP contribution < -0.4 is 16.3 Å². The fourth-order valence-corrected chi connectivity index (χ4v) is 2.12. The number of pyridine rings is 1. The largest absolute Gasteiger partial charge is 0.345 e. The molecule has 1 fully saturated rings. The van der Waals surface area contributed by atoms with Crippen LogP contribution in [0, 0.1) is 0 Å². The number of nitrogens with one attached hydrogen (secondary N) is 2. The summed E-state index contributed by atoms with van der Waals surface area (Å²) in [5.41, 5.74) is 0.559. The Balaban J connectivity index is 1.64. The van der Waals surface area contributed by atoms with E-state index in [9.17, 15) is 9.59 Å². The van der Waals surface area contributed by atoms with Crippen LogP contribution in [-0.4, -0.2) is 37.9 Å². The third kappa shape index (κ3) is 3.16. The first-order valence-corrected chi connectivity index (χ1v) is 7.24. The molecular weight excluding hydrogens is 284 g/mol. The zero-order valence-electron chi connectivity index (χ0n) is 12.3. The molecule has 1 saturated carbocycles. The maximum absolute atomic E-state index is 12.1. The minimum absolute atomic E-state index is 0.195. The maximum atomic E-state index is 12.1. The van der Waals surface area contributed by atoms with Crippen LogP contribution in [0.25, 0.3) is 11.4 Å². The van der Waals surface area contributed by atoms with E-state index in [1.54, 1.807) is 25.5 Å². The normalized spacial score (nSPS) is 13.9. The first-order valence-electron chi connectivity index (χ1n) is 7.24. The van der Waals surface area contributed by atoms with Gasteiger partial charge in [0, 0.05) is 37.6 Å². The lowest BCUT2D eigenvalue weighted by molar-refractivity contribution is 0.240. The average Bonchev–Trinajstić information content (AvgIpc) is 3.29. The van der Waals surface area contributed by atoms with Gasteiger partial charge in [0.1, 0.15) is 0 Å². The standard InChI is InChI=1S/C14H18N6O2/c1-19-12(10-3-2-6-15-9-10)18-20(14(19)22)8-7-16-13(21)17-11-4-5-11/h2-3,6,9,11H,4-5,7-8H2,1H3,(H2,16,17,21). The van der Waals surface area contributed by atoms with Gasteiger partial charge in [-0.05, 0) is 25.0 Å². The molecule has 2 N–H and O–H groups in total. The Labute approximate surface area is 127 Å². The number of carbonyl (C=O) groups excluding carboxylic acids is 1. The summed E-state index contributed by atoms with van der Waals surface area (Å²) >= 11 is 0. The SMILES string of the molecule is Cn1c(-c2cccnc2)nn(CCNC(=O)NC2CC2)c1=O. The van der Waals surface area contributed by atoms with Crippen molar-refractivity contribution in [1.29, 1.82) is 0 Å². The molecule has 0 aromatic carbocycles. The molecule has 1 aliphatic carbocycles. The molecule has 0 spiro atoms. The van der Waals surface area contributed by atoms with E-state index >= 15 is 0 Å². The van der Waals surface area contributed by atoms with Crippen LogP contribution in [0.2, 0.25) is 0 Å². The molecule has 0 saturated heterocycles. The Hall–Kier alpha value is -2.64. The number of carbonyl (C=O) groups is 1. The first-order chi connectivity index (χ1) is 10.6. The number of hydrogen-bond acceptors (Lipinski definition) is 4. The second-order valence-corrected chi connectivity index (χ2v) is 5.30. The van der Waals surface area contributed by atoms with Gasteiger partial charge in [-0.1, -0.05) is 0 Å². The van der Waals surface area contributed by atoms with E-state index in [-0.39, 0.29) is 11.7 Å². The lowest BCUT2D eigenvalue weighted by Gasteiger charge is -2.05. The number of aromatic nitrogens is 4. The van der Waals surface area contributed by atoms with Crippen LogP contribution in [0.15, 0.2) is 29.3 Å². The van der Waals surface area contributed by atoms with Crippen molar-refractivity contribution in [1.82, 2.24) is 30.0 Å². The minimum atomic E-state index is -0.219. The monoisotopic (exact) mass is 302 g/mol. The molecule has 22 heavy (non-hydrogen) atoms. The van der Waals surface area contributed by atoms with E-state index in [4.69, 9.17) is 0 Å². The van der Waals surface area contributed by atoms with E-state index < -0.39 is 0 Å². The highest BCUT2D eigenvalue weighted by Crippen LogP contribution is 2.18. The Morgan fingerprint density at radius 2 is 2.27 bits per heavy atom. The van der Waals surface area contributed by atoms with Crippen LogP contribution in [0.4, 0.5) is 4.79 Å². The number of urea groups is 1. The summed E-state index contributed by atoms with van der Waals surface area (Å²) in [4.78, 5) is 27.7. The third-order valence-electron chi connectivity index (χ3n) is 3.48. The van der Waals surface area contributed by atoms with Crippen molar-refractivity contribution < 1.29 is 4.79 Å². The Morgan fingerprint density at radius 3 is 2.95 bits per heavy atom. The molecule has 0 bridgehead atoms. The van der Waals surface area contributed by atoms with E-state index in [0.29, 0.717) is 25.0 Å². The van der Waals surface area contributed by atoms with Gasteiger partial charge in [0.05, 0.1) is 6.54 Å². The summed E-state index contributed by atoms with van der Waals surface area (Å²) < 4.78 is 2.82. The molecule has 1 aliphatic rings. The number of nitrogens with zero attached hydrogens (tertiary/aromatic N) is 4. The van der Waals surface area contributed by atoms with E-state index in [2.05, 4.69) is 20.7 Å². The molecule has 2 amide bonds. The molecule has 116 valence electrons. The smallest absolute Gasteiger partial charge is 0.336 e. The van der Waals surface area contributed by atoms with Gasteiger partial charge in [0.2, 0.25) is 0 Å². The predicted octanol–water partition coefficient (Wildman–Crippen LogP) is 0.105. The fraction of sp³-hybridized carbons (Fsp3) is 0.429. The average molecular weight is 302 g/mol. The maximum Gasteiger partial charge on any atom is 0.345 e. The van der Waals surface area contributed by atoms with Gasteiger partial charge >= 0.3 is 11.7 Å². The minimum Gasteiger partial charge on any atom is -0.336 e. The molecule has 2 aromatic heterocycles. The molecule has 8 nitrogen and oxygen atoms in total. The van der Waals surface area contributed by atoms with Crippen molar-refractivity contribution in [3.05, 3.63) is 35.0 Å². The molecule has 2 aromatic rings. The van der Waals surface area contributed by atoms with Gasteiger partial charge < -0.3 is 10.6 Å². The van der Waals surface area contributed by atoms with E-state index in [0.717, 1.165) is 18.4 Å². The third-order valence-corrected chi connectivity index (χ3v) is 3.48. The van der Waals surface area contributed by atoms with Crippen LogP contribution >= 0.6 is 0 Å². The van der Waals surface area contributed by atoms with Gasteiger partial charge in [0.25, 0.3) is 0 Å². The van der Waals surface area contributed by atoms with Crippen LogP contribution in [0.5, 0.6) is 0 Å². The van der Waals surface area contributed by atoms with Crippen LogP contribution in [0.3, 0.4) is 0 Å². The number of rotatable bonds is 5. The molecule has 0 atom stereocenters. The first kappa shape index (κ1) is 14.3. The summed E-state index contributed by atoms with van der Waals surface area (Å²) in [5, 5.41) is 9.86. The van der Waals surface area contributed by atoms with Gasteiger partial charge in [-0.2, -0.15) is 0 Å². The number of hydrogen-bond donors (Lipinski definition) is 2. The van der Waals surface area contributed by atoms with Crippen molar-refractivity contribution in [3.8, 4) is 11.4 Å². The molecule has 2 heterocycles.